The SMILES string of the molecule is CN(Cc1ccccc1F)C(=O)COC(=O)/C=C/c1ccccc1. The standard InChI is InChI=1S/C19H18FNO3/c1-21(13-16-9-5-6-10-17(16)20)18(22)14-24-19(23)12-11-15-7-3-2-4-8-15/h2-12H,13-14H2,1H3/b12-11+. The molecule has 1 amide bonds. The van der Waals surface area contributed by atoms with Gasteiger partial charge >= 0.3 is 5.97 Å². The second-order valence-corrected chi connectivity index (χ2v) is 5.19. The van der Waals surface area contributed by atoms with Gasteiger partial charge in [0.15, 0.2) is 6.61 Å². The summed E-state index contributed by atoms with van der Waals surface area (Å²) in [5.41, 5.74) is 1.26. The number of rotatable bonds is 6. The van der Waals surface area contributed by atoms with E-state index in [1.807, 2.05) is 30.3 Å². The normalized spacial score (nSPS) is 10.6. The Morgan fingerprint density at radius 2 is 1.75 bits per heavy atom. The lowest BCUT2D eigenvalue weighted by molar-refractivity contribution is -0.147. The van der Waals surface area contributed by atoms with Gasteiger partial charge in [0.1, 0.15) is 5.82 Å². The van der Waals surface area contributed by atoms with Gasteiger partial charge in [-0.3, -0.25) is 4.79 Å². The summed E-state index contributed by atoms with van der Waals surface area (Å²) in [4.78, 5) is 24.9. The number of amides is 1. The Morgan fingerprint density at radius 3 is 2.46 bits per heavy atom. The molecule has 5 heteroatoms. The first-order valence-corrected chi connectivity index (χ1v) is 7.43. The van der Waals surface area contributed by atoms with Crippen LogP contribution in [0.3, 0.4) is 0 Å². The number of halogens is 1. The Labute approximate surface area is 140 Å². The third-order valence-corrected chi connectivity index (χ3v) is 3.34. The molecule has 0 fully saturated rings. The van der Waals surface area contributed by atoms with Gasteiger partial charge in [0.05, 0.1) is 0 Å². The van der Waals surface area contributed by atoms with Gasteiger partial charge in [0.2, 0.25) is 0 Å². The molecular formula is C19H18FNO3. The minimum atomic E-state index is -0.605. The van der Waals surface area contributed by atoms with Crippen LogP contribution in [0.25, 0.3) is 6.08 Å². The van der Waals surface area contributed by atoms with Gasteiger partial charge in [-0.05, 0) is 17.7 Å². The molecule has 0 atom stereocenters. The Bertz CT molecular complexity index is 728. The zero-order valence-electron chi connectivity index (χ0n) is 13.3. The highest BCUT2D eigenvalue weighted by atomic mass is 19.1. The lowest BCUT2D eigenvalue weighted by atomic mass is 10.2. The first-order chi connectivity index (χ1) is 11.6. The van der Waals surface area contributed by atoms with Gasteiger partial charge in [-0.15, -0.1) is 0 Å². The molecule has 0 N–H and O–H groups in total. The monoisotopic (exact) mass is 327 g/mol. The van der Waals surface area contributed by atoms with Crippen molar-refractivity contribution in [3.05, 3.63) is 77.6 Å². The van der Waals surface area contributed by atoms with Crippen molar-refractivity contribution in [3.63, 3.8) is 0 Å². The lowest BCUT2D eigenvalue weighted by Crippen LogP contribution is -2.30. The quantitative estimate of drug-likeness (QED) is 0.605. The Kier molecular flexibility index (Phi) is 6.25. The smallest absolute Gasteiger partial charge is 0.331 e. The number of hydrogen-bond donors (Lipinski definition) is 0. The van der Waals surface area contributed by atoms with Crippen LogP contribution < -0.4 is 0 Å². The van der Waals surface area contributed by atoms with Crippen molar-refractivity contribution >= 4 is 18.0 Å². The molecule has 0 saturated carbocycles. The molecule has 0 aliphatic rings. The minimum Gasteiger partial charge on any atom is -0.452 e. The minimum absolute atomic E-state index is 0.114. The van der Waals surface area contributed by atoms with Crippen molar-refractivity contribution in [2.45, 2.75) is 6.54 Å². The van der Waals surface area contributed by atoms with E-state index in [1.165, 1.54) is 24.1 Å². The predicted molar refractivity (Wildman–Crippen MR) is 89.3 cm³/mol. The lowest BCUT2D eigenvalue weighted by Gasteiger charge is -2.17. The van der Waals surface area contributed by atoms with Crippen molar-refractivity contribution in [1.29, 1.82) is 0 Å². The number of carbonyl (C=O) groups is 2. The molecule has 24 heavy (non-hydrogen) atoms. The summed E-state index contributed by atoms with van der Waals surface area (Å²) in [6.45, 7) is -0.272. The van der Waals surface area contributed by atoms with Crippen LogP contribution in [0, 0.1) is 5.82 Å². The molecule has 0 saturated heterocycles. The molecular weight excluding hydrogens is 309 g/mol. The predicted octanol–water partition coefficient (Wildman–Crippen LogP) is 3.04. The van der Waals surface area contributed by atoms with E-state index >= 15 is 0 Å². The average molecular weight is 327 g/mol. The van der Waals surface area contributed by atoms with Crippen LogP contribution in [-0.2, 0) is 20.9 Å². The van der Waals surface area contributed by atoms with E-state index < -0.39 is 11.9 Å². The molecule has 2 aromatic carbocycles. The second kappa shape index (κ2) is 8.62. The van der Waals surface area contributed by atoms with Gasteiger partial charge in [-0.2, -0.15) is 0 Å². The van der Waals surface area contributed by atoms with Crippen molar-refractivity contribution < 1.29 is 18.7 Å². The Balaban J connectivity index is 1.80. The number of carbonyl (C=O) groups excluding carboxylic acids is 2. The molecule has 0 spiro atoms. The molecule has 0 heterocycles. The highest BCUT2D eigenvalue weighted by Crippen LogP contribution is 2.09. The van der Waals surface area contributed by atoms with Crippen LogP contribution in [-0.4, -0.2) is 30.4 Å². The molecule has 0 aliphatic heterocycles. The van der Waals surface area contributed by atoms with Crippen LogP contribution in [0.1, 0.15) is 11.1 Å². The topological polar surface area (TPSA) is 46.6 Å². The number of nitrogens with zero attached hydrogens (tertiary/aromatic N) is 1. The van der Waals surface area contributed by atoms with Crippen LogP contribution >= 0.6 is 0 Å². The zero-order valence-corrected chi connectivity index (χ0v) is 13.3. The van der Waals surface area contributed by atoms with Crippen molar-refractivity contribution in [1.82, 2.24) is 4.90 Å². The highest BCUT2D eigenvalue weighted by Gasteiger charge is 2.13. The summed E-state index contributed by atoms with van der Waals surface area (Å²) in [7, 11) is 1.53. The van der Waals surface area contributed by atoms with E-state index in [0.717, 1.165) is 5.56 Å². The largest absolute Gasteiger partial charge is 0.452 e. The van der Waals surface area contributed by atoms with Crippen molar-refractivity contribution in [3.8, 4) is 0 Å². The first-order valence-electron chi connectivity index (χ1n) is 7.43. The second-order valence-electron chi connectivity index (χ2n) is 5.19. The highest BCUT2D eigenvalue weighted by molar-refractivity contribution is 5.89. The summed E-state index contributed by atoms with van der Waals surface area (Å²) < 4.78 is 18.5. The number of benzene rings is 2. The van der Waals surface area contributed by atoms with E-state index in [2.05, 4.69) is 0 Å². The van der Waals surface area contributed by atoms with Crippen LogP contribution in [0.5, 0.6) is 0 Å². The molecule has 0 aromatic heterocycles. The summed E-state index contributed by atoms with van der Waals surface area (Å²) in [5.74, 6) is -1.38. The third-order valence-electron chi connectivity index (χ3n) is 3.34. The maximum atomic E-state index is 13.6. The Morgan fingerprint density at radius 1 is 1.08 bits per heavy atom. The summed E-state index contributed by atoms with van der Waals surface area (Å²) in [5, 5.41) is 0. The molecule has 0 bridgehead atoms. The molecule has 2 aromatic rings. The maximum Gasteiger partial charge on any atom is 0.331 e. The van der Waals surface area contributed by atoms with E-state index in [0.29, 0.717) is 5.56 Å². The number of likely N-dealkylation sites (N-methyl/N-ethyl adjacent to an activating group) is 1. The van der Waals surface area contributed by atoms with E-state index in [1.54, 1.807) is 24.3 Å². The van der Waals surface area contributed by atoms with Gasteiger partial charge in [0, 0.05) is 25.2 Å². The molecule has 0 radical (unpaired) electrons. The number of ether oxygens (including phenoxy) is 1. The summed E-state index contributed by atoms with van der Waals surface area (Å²) >= 11 is 0. The number of esters is 1. The molecule has 0 unspecified atom stereocenters. The van der Waals surface area contributed by atoms with E-state index in [4.69, 9.17) is 4.74 Å². The van der Waals surface area contributed by atoms with Gasteiger partial charge in [0.25, 0.3) is 5.91 Å². The average Bonchev–Trinajstić information content (AvgIpc) is 2.60. The van der Waals surface area contributed by atoms with Crippen LogP contribution in [0.4, 0.5) is 4.39 Å². The number of hydrogen-bond acceptors (Lipinski definition) is 3. The van der Waals surface area contributed by atoms with Gasteiger partial charge < -0.3 is 9.64 Å². The van der Waals surface area contributed by atoms with Gasteiger partial charge in [-0.25, -0.2) is 9.18 Å². The van der Waals surface area contributed by atoms with Gasteiger partial charge in [-0.1, -0.05) is 48.5 Å². The Hall–Kier alpha value is -2.95. The van der Waals surface area contributed by atoms with E-state index in [9.17, 15) is 14.0 Å². The maximum absolute atomic E-state index is 13.6. The first kappa shape index (κ1) is 17.4. The fourth-order valence-electron chi connectivity index (χ4n) is 1.99. The molecule has 4 nitrogen and oxygen atoms in total. The molecule has 124 valence electrons. The zero-order chi connectivity index (χ0) is 17.4. The molecule has 0 aliphatic carbocycles. The van der Waals surface area contributed by atoms with Crippen LogP contribution in [0.15, 0.2) is 60.7 Å². The van der Waals surface area contributed by atoms with Crippen molar-refractivity contribution in [2.24, 2.45) is 0 Å². The fraction of sp³-hybridized carbons (Fsp3) is 0.158. The summed E-state index contributed by atoms with van der Waals surface area (Å²) in [6.07, 6.45) is 2.87. The van der Waals surface area contributed by atoms with Crippen molar-refractivity contribution in [2.75, 3.05) is 13.7 Å². The van der Waals surface area contributed by atoms with Crippen LogP contribution in [0.2, 0.25) is 0 Å². The fourth-order valence-corrected chi connectivity index (χ4v) is 1.99. The third kappa shape index (κ3) is 5.35. The van der Waals surface area contributed by atoms with E-state index in [-0.39, 0.29) is 19.0 Å². The molecule has 2 rings (SSSR count). The summed E-state index contributed by atoms with van der Waals surface area (Å²) in [6, 6.07) is 15.5.